The molecule has 0 spiro atoms. The number of hydrogen-bond donors (Lipinski definition) is 1. The highest BCUT2D eigenvalue weighted by Crippen LogP contribution is 2.40. The van der Waals surface area contributed by atoms with Gasteiger partial charge in [-0.15, -0.1) is 0 Å². The topological polar surface area (TPSA) is 96.7 Å². The Morgan fingerprint density at radius 2 is 2.17 bits per heavy atom. The van der Waals surface area contributed by atoms with Gasteiger partial charge in [0.2, 0.25) is 0 Å². The van der Waals surface area contributed by atoms with Crippen molar-refractivity contribution >= 4 is 40.2 Å². The first-order valence-electron chi connectivity index (χ1n) is 9.17. The molecule has 0 radical (unpaired) electrons. The Balaban J connectivity index is 1.91. The number of carboxylic acid groups (broad SMARTS) is 1. The van der Waals surface area contributed by atoms with Crippen LogP contribution < -0.4 is 0 Å². The normalized spacial score (nSPS) is 11.0. The maximum atomic E-state index is 11.3. The van der Waals surface area contributed by atoms with Crippen molar-refractivity contribution < 1.29 is 9.90 Å². The third-order valence-corrected chi connectivity index (χ3v) is 5.76. The molecule has 4 aromatic rings. The predicted octanol–water partition coefficient (Wildman–Crippen LogP) is 5.01. The van der Waals surface area contributed by atoms with Crippen molar-refractivity contribution in [2.45, 2.75) is 29.8 Å². The number of rotatable bonds is 6. The van der Waals surface area contributed by atoms with Crippen molar-refractivity contribution in [1.82, 2.24) is 19.3 Å². The fourth-order valence-electron chi connectivity index (χ4n) is 3.22. The van der Waals surface area contributed by atoms with E-state index in [0.29, 0.717) is 20.6 Å². The molecule has 4 rings (SSSR count). The van der Waals surface area contributed by atoms with Gasteiger partial charge < -0.3 is 5.11 Å². The Morgan fingerprint density at radius 1 is 1.33 bits per heavy atom. The Bertz CT molecular complexity index is 1300. The van der Waals surface area contributed by atoms with E-state index in [-0.39, 0.29) is 5.69 Å². The van der Waals surface area contributed by atoms with Crippen LogP contribution in [0.4, 0.5) is 0 Å². The Labute approximate surface area is 181 Å². The lowest BCUT2D eigenvalue weighted by molar-refractivity contribution is 0.0689. The molecule has 0 aliphatic rings. The monoisotopic (exact) mass is 437 g/mol. The van der Waals surface area contributed by atoms with E-state index in [1.807, 2.05) is 21.5 Å². The molecule has 0 aliphatic carbocycles. The van der Waals surface area contributed by atoms with Crippen LogP contribution in [0.15, 0.2) is 58.7 Å². The lowest BCUT2D eigenvalue weighted by atomic mass is 10.2. The van der Waals surface area contributed by atoms with Crippen LogP contribution in [0.5, 0.6) is 0 Å². The first-order valence-corrected chi connectivity index (χ1v) is 10.4. The average molecular weight is 438 g/mol. The molecule has 150 valence electrons. The summed E-state index contributed by atoms with van der Waals surface area (Å²) in [6.07, 6.45) is 4.55. The van der Waals surface area contributed by atoms with E-state index in [1.165, 1.54) is 17.8 Å². The molecule has 3 aromatic heterocycles. The highest BCUT2D eigenvalue weighted by molar-refractivity contribution is 7.99. The van der Waals surface area contributed by atoms with Crippen LogP contribution in [0.1, 0.15) is 29.5 Å². The largest absolute Gasteiger partial charge is 0.477 e. The van der Waals surface area contributed by atoms with Crippen molar-refractivity contribution in [3.8, 4) is 11.8 Å². The van der Waals surface area contributed by atoms with E-state index < -0.39 is 5.97 Å². The lowest BCUT2D eigenvalue weighted by Gasteiger charge is -2.04. The molecule has 0 fully saturated rings. The second kappa shape index (κ2) is 8.22. The van der Waals surface area contributed by atoms with Crippen LogP contribution in [-0.2, 0) is 6.54 Å². The summed E-state index contributed by atoms with van der Waals surface area (Å²) in [6.45, 7) is 2.84. The molecule has 3 heterocycles. The lowest BCUT2D eigenvalue weighted by Crippen LogP contribution is -2.00. The van der Waals surface area contributed by atoms with Gasteiger partial charge in [0.1, 0.15) is 22.5 Å². The van der Waals surface area contributed by atoms with Crippen molar-refractivity contribution in [3.63, 3.8) is 0 Å². The van der Waals surface area contributed by atoms with E-state index in [4.69, 9.17) is 11.6 Å². The first kappa shape index (κ1) is 20.0. The molecular weight excluding hydrogens is 422 g/mol. The van der Waals surface area contributed by atoms with Crippen LogP contribution in [0.2, 0.25) is 5.02 Å². The van der Waals surface area contributed by atoms with Gasteiger partial charge in [0.25, 0.3) is 0 Å². The van der Waals surface area contributed by atoms with Crippen LogP contribution in [0.25, 0.3) is 16.6 Å². The Kier molecular flexibility index (Phi) is 5.48. The summed E-state index contributed by atoms with van der Waals surface area (Å²) < 4.78 is 3.65. The molecule has 9 heteroatoms. The molecule has 0 atom stereocenters. The maximum absolute atomic E-state index is 11.3. The molecule has 0 saturated heterocycles. The number of nitriles is 1. The Morgan fingerprint density at radius 3 is 2.90 bits per heavy atom. The van der Waals surface area contributed by atoms with Gasteiger partial charge in [-0.25, -0.2) is 9.78 Å². The summed E-state index contributed by atoms with van der Waals surface area (Å²) in [6, 6.07) is 12.5. The maximum Gasteiger partial charge on any atom is 0.354 e. The minimum Gasteiger partial charge on any atom is -0.477 e. The third-order valence-electron chi connectivity index (χ3n) is 4.47. The summed E-state index contributed by atoms with van der Waals surface area (Å²) in [7, 11) is 0. The van der Waals surface area contributed by atoms with E-state index in [9.17, 15) is 15.2 Å². The quantitative estimate of drug-likeness (QED) is 0.455. The zero-order valence-corrected chi connectivity index (χ0v) is 17.5. The fraction of sp³-hybridized carbons (Fsp3) is 0.143. The number of pyridine rings is 1. The van der Waals surface area contributed by atoms with Gasteiger partial charge in [-0.3, -0.25) is 9.25 Å². The number of halogens is 1. The van der Waals surface area contributed by atoms with Crippen LogP contribution >= 0.6 is 23.4 Å². The molecule has 0 bridgehead atoms. The summed E-state index contributed by atoms with van der Waals surface area (Å²) in [5.74, 6) is -1.10. The second-order valence-corrected chi connectivity index (χ2v) is 7.98. The SMILES string of the molecule is CCCn1cc(-n2c(C#N)c(Sc3cccc(C(=O)O)n3)c3ccc(Cl)cc32)cn1. The number of benzene rings is 1. The molecule has 7 nitrogen and oxygen atoms in total. The molecular formula is C21H16ClN5O2S. The van der Waals surface area contributed by atoms with E-state index in [2.05, 4.69) is 23.1 Å². The van der Waals surface area contributed by atoms with E-state index >= 15 is 0 Å². The van der Waals surface area contributed by atoms with Gasteiger partial charge >= 0.3 is 5.97 Å². The van der Waals surface area contributed by atoms with Gasteiger partial charge in [0.15, 0.2) is 0 Å². The average Bonchev–Trinajstić information content (AvgIpc) is 3.30. The number of nitrogens with zero attached hydrogens (tertiary/aromatic N) is 5. The fourth-order valence-corrected chi connectivity index (χ4v) is 4.40. The zero-order valence-electron chi connectivity index (χ0n) is 15.9. The summed E-state index contributed by atoms with van der Waals surface area (Å²) in [4.78, 5) is 16.1. The van der Waals surface area contributed by atoms with Gasteiger partial charge in [-0.2, -0.15) is 10.4 Å². The van der Waals surface area contributed by atoms with Gasteiger partial charge in [-0.05, 0) is 30.7 Å². The zero-order chi connectivity index (χ0) is 21.3. The van der Waals surface area contributed by atoms with Crippen LogP contribution in [0, 0.1) is 11.3 Å². The number of hydrogen-bond acceptors (Lipinski definition) is 5. The highest BCUT2D eigenvalue weighted by atomic mass is 35.5. The second-order valence-electron chi connectivity index (χ2n) is 6.52. The van der Waals surface area contributed by atoms with Crippen molar-refractivity contribution in [2.24, 2.45) is 0 Å². The van der Waals surface area contributed by atoms with Crippen LogP contribution in [0.3, 0.4) is 0 Å². The molecule has 0 amide bonds. The number of aromatic carboxylic acids is 1. The third kappa shape index (κ3) is 3.65. The smallest absolute Gasteiger partial charge is 0.354 e. The van der Waals surface area contributed by atoms with Gasteiger partial charge in [0.05, 0.1) is 22.3 Å². The van der Waals surface area contributed by atoms with Crippen molar-refractivity contribution in [1.29, 1.82) is 5.26 Å². The van der Waals surface area contributed by atoms with Gasteiger partial charge in [-0.1, -0.05) is 42.4 Å². The first-order chi connectivity index (χ1) is 14.5. The summed E-state index contributed by atoms with van der Waals surface area (Å²) >= 11 is 7.50. The molecule has 0 saturated carbocycles. The predicted molar refractivity (Wildman–Crippen MR) is 114 cm³/mol. The summed E-state index contributed by atoms with van der Waals surface area (Å²) in [5.41, 5.74) is 1.89. The molecule has 1 N–H and O–H groups in total. The van der Waals surface area contributed by atoms with Crippen molar-refractivity contribution in [2.75, 3.05) is 0 Å². The number of aromatic nitrogens is 4. The number of fused-ring (bicyclic) bond motifs is 1. The molecule has 0 unspecified atom stereocenters. The molecule has 1 aromatic carbocycles. The number of carbonyl (C=O) groups is 1. The number of carboxylic acids is 1. The summed E-state index contributed by atoms with van der Waals surface area (Å²) in [5, 5.41) is 25.5. The standard InChI is InChI=1S/C21H16ClN5O2S/c1-2-8-26-12-14(11-24-26)27-17-9-13(22)6-7-15(17)20(18(27)10-23)30-19-5-3-4-16(25-19)21(28)29/h3-7,9,11-12H,2,8H2,1H3,(H,28,29). The number of aryl methyl sites for hydroxylation is 1. The molecule has 0 aliphatic heterocycles. The van der Waals surface area contributed by atoms with Gasteiger partial charge in [0, 0.05) is 23.2 Å². The van der Waals surface area contributed by atoms with E-state index in [0.717, 1.165) is 29.6 Å². The van der Waals surface area contributed by atoms with E-state index in [1.54, 1.807) is 30.5 Å². The molecule has 30 heavy (non-hydrogen) atoms. The van der Waals surface area contributed by atoms with Crippen LogP contribution in [-0.4, -0.2) is 30.4 Å². The Hall–Kier alpha value is -3.28. The minimum absolute atomic E-state index is 0.0499. The minimum atomic E-state index is -1.10. The van der Waals surface area contributed by atoms with Crippen molar-refractivity contribution in [3.05, 3.63) is 65.2 Å². The highest BCUT2D eigenvalue weighted by Gasteiger charge is 2.21.